The Labute approximate surface area is 116 Å². The van der Waals surface area contributed by atoms with E-state index in [0.29, 0.717) is 15.7 Å². The zero-order chi connectivity index (χ0) is 13.1. The molecule has 1 aromatic carbocycles. The van der Waals surface area contributed by atoms with Crippen molar-refractivity contribution >= 4 is 34.6 Å². The van der Waals surface area contributed by atoms with Crippen molar-refractivity contribution < 1.29 is 0 Å². The highest BCUT2D eigenvalue weighted by Crippen LogP contribution is 2.30. The van der Waals surface area contributed by atoms with Gasteiger partial charge < -0.3 is 11.1 Å². The lowest BCUT2D eigenvalue weighted by Gasteiger charge is -2.10. The summed E-state index contributed by atoms with van der Waals surface area (Å²) in [4.78, 5) is 0. The molecule has 3 N–H and O–H groups in total. The lowest BCUT2D eigenvalue weighted by molar-refractivity contribution is 0.711. The number of halogens is 2. The minimum atomic E-state index is 0.464. The van der Waals surface area contributed by atoms with Crippen molar-refractivity contribution in [2.45, 2.75) is 6.42 Å². The molecule has 0 aliphatic heterocycles. The highest BCUT2D eigenvalue weighted by Gasteiger charge is 2.05. The fourth-order valence-corrected chi connectivity index (χ4v) is 2.02. The number of anilines is 2. The number of rotatable bonds is 4. The molecule has 6 heteroatoms. The van der Waals surface area contributed by atoms with Crippen LogP contribution in [0.25, 0.3) is 0 Å². The molecule has 2 rings (SSSR count). The molecule has 0 aliphatic rings. The highest BCUT2D eigenvalue weighted by atomic mass is 35.5. The quantitative estimate of drug-likeness (QED) is 0.849. The second-order valence-electron chi connectivity index (χ2n) is 3.98. The standard InChI is InChI=1S/C12H14Cl2N4/c1-18-8(3-5-17-18)2-4-16-12-7-10(14)9(13)6-11(12)15/h3,5-7,16H,2,4,15H2,1H3. The van der Waals surface area contributed by atoms with Crippen molar-refractivity contribution in [3.05, 3.63) is 40.1 Å². The van der Waals surface area contributed by atoms with E-state index in [2.05, 4.69) is 10.4 Å². The Morgan fingerprint density at radius 2 is 2.06 bits per heavy atom. The maximum absolute atomic E-state index is 5.95. The summed E-state index contributed by atoms with van der Waals surface area (Å²) in [6.07, 6.45) is 2.64. The van der Waals surface area contributed by atoms with Gasteiger partial charge in [0.15, 0.2) is 0 Å². The number of nitrogen functional groups attached to an aromatic ring is 1. The first kappa shape index (κ1) is 13.1. The van der Waals surface area contributed by atoms with Crippen LogP contribution in [0.1, 0.15) is 5.69 Å². The molecule has 0 bridgehead atoms. The number of nitrogens with two attached hydrogens (primary N) is 1. The van der Waals surface area contributed by atoms with E-state index in [0.717, 1.165) is 24.3 Å². The summed E-state index contributed by atoms with van der Waals surface area (Å²) in [7, 11) is 1.92. The molecular formula is C12H14Cl2N4. The van der Waals surface area contributed by atoms with Crippen molar-refractivity contribution in [1.82, 2.24) is 9.78 Å². The number of hydrogen-bond donors (Lipinski definition) is 2. The van der Waals surface area contributed by atoms with Crippen molar-refractivity contribution in [3.63, 3.8) is 0 Å². The average Bonchev–Trinajstić information content (AvgIpc) is 2.72. The predicted molar refractivity (Wildman–Crippen MR) is 76.3 cm³/mol. The van der Waals surface area contributed by atoms with E-state index < -0.39 is 0 Å². The van der Waals surface area contributed by atoms with E-state index >= 15 is 0 Å². The van der Waals surface area contributed by atoms with Gasteiger partial charge >= 0.3 is 0 Å². The van der Waals surface area contributed by atoms with Gasteiger partial charge in [-0.15, -0.1) is 0 Å². The Hall–Kier alpha value is -1.39. The Morgan fingerprint density at radius 1 is 1.33 bits per heavy atom. The largest absolute Gasteiger partial charge is 0.397 e. The molecule has 96 valence electrons. The van der Waals surface area contributed by atoms with E-state index in [-0.39, 0.29) is 0 Å². The summed E-state index contributed by atoms with van der Waals surface area (Å²) in [5.74, 6) is 0. The van der Waals surface area contributed by atoms with Crippen LogP contribution >= 0.6 is 23.2 Å². The SMILES string of the molecule is Cn1nccc1CCNc1cc(Cl)c(Cl)cc1N. The Morgan fingerprint density at radius 3 is 2.72 bits per heavy atom. The van der Waals surface area contributed by atoms with Crippen molar-refractivity contribution in [1.29, 1.82) is 0 Å². The summed E-state index contributed by atoms with van der Waals surface area (Å²) in [5.41, 5.74) is 8.40. The smallest absolute Gasteiger partial charge is 0.0614 e. The highest BCUT2D eigenvalue weighted by molar-refractivity contribution is 6.42. The lowest BCUT2D eigenvalue weighted by Crippen LogP contribution is -2.09. The maximum atomic E-state index is 5.95. The van der Waals surface area contributed by atoms with E-state index in [4.69, 9.17) is 28.9 Å². The first-order valence-electron chi connectivity index (χ1n) is 5.53. The van der Waals surface area contributed by atoms with Gasteiger partial charge in [0.1, 0.15) is 0 Å². The molecule has 1 heterocycles. The van der Waals surface area contributed by atoms with Crippen LogP contribution in [0.15, 0.2) is 24.4 Å². The molecule has 0 saturated carbocycles. The van der Waals surface area contributed by atoms with E-state index in [1.54, 1.807) is 18.3 Å². The zero-order valence-corrected chi connectivity index (χ0v) is 11.5. The van der Waals surface area contributed by atoms with Gasteiger partial charge in [0.25, 0.3) is 0 Å². The van der Waals surface area contributed by atoms with Crippen LogP contribution in [0, 0.1) is 0 Å². The van der Waals surface area contributed by atoms with Crippen LogP contribution in [0.4, 0.5) is 11.4 Å². The third-order valence-corrected chi connectivity index (χ3v) is 3.43. The molecule has 1 aromatic heterocycles. The summed E-state index contributed by atoms with van der Waals surface area (Å²) in [5, 5.41) is 8.31. The maximum Gasteiger partial charge on any atom is 0.0614 e. The monoisotopic (exact) mass is 284 g/mol. The third kappa shape index (κ3) is 2.89. The summed E-state index contributed by atoms with van der Waals surface area (Å²) in [6, 6.07) is 5.37. The molecule has 2 aromatic rings. The molecule has 0 atom stereocenters. The van der Waals surface area contributed by atoms with Gasteiger partial charge in [0.05, 0.1) is 21.4 Å². The van der Waals surface area contributed by atoms with Gasteiger partial charge in [-0.1, -0.05) is 23.2 Å². The number of nitrogens with one attached hydrogen (secondary N) is 1. The minimum Gasteiger partial charge on any atom is -0.397 e. The second-order valence-corrected chi connectivity index (χ2v) is 4.79. The summed E-state index contributed by atoms with van der Waals surface area (Å²) >= 11 is 11.8. The average molecular weight is 285 g/mol. The Kier molecular flexibility index (Phi) is 3.99. The van der Waals surface area contributed by atoms with Gasteiger partial charge in [-0.2, -0.15) is 5.10 Å². The number of benzene rings is 1. The Bertz CT molecular complexity index is 551. The third-order valence-electron chi connectivity index (χ3n) is 2.71. The minimum absolute atomic E-state index is 0.464. The summed E-state index contributed by atoms with van der Waals surface area (Å²) in [6.45, 7) is 0.752. The normalized spacial score (nSPS) is 10.6. The van der Waals surface area contributed by atoms with Crippen LogP contribution in [0.3, 0.4) is 0 Å². The molecule has 0 fully saturated rings. The van der Waals surface area contributed by atoms with E-state index in [9.17, 15) is 0 Å². The van der Waals surface area contributed by atoms with Gasteiger partial charge in [-0.3, -0.25) is 4.68 Å². The molecule has 0 radical (unpaired) electrons. The molecule has 0 saturated heterocycles. The molecule has 0 spiro atoms. The Balaban J connectivity index is 1.99. The predicted octanol–water partition coefficient (Wildman–Crippen LogP) is 2.96. The number of aromatic nitrogens is 2. The second kappa shape index (κ2) is 5.50. The van der Waals surface area contributed by atoms with Crippen LogP contribution in [0.2, 0.25) is 10.0 Å². The first-order valence-corrected chi connectivity index (χ1v) is 6.29. The molecule has 0 unspecified atom stereocenters. The van der Waals surface area contributed by atoms with Gasteiger partial charge in [-0.25, -0.2) is 0 Å². The van der Waals surface area contributed by atoms with Crippen LogP contribution < -0.4 is 11.1 Å². The fourth-order valence-electron chi connectivity index (χ4n) is 1.69. The fraction of sp³-hybridized carbons (Fsp3) is 0.250. The number of hydrogen-bond acceptors (Lipinski definition) is 3. The topological polar surface area (TPSA) is 55.9 Å². The van der Waals surface area contributed by atoms with Crippen molar-refractivity contribution in [2.75, 3.05) is 17.6 Å². The van der Waals surface area contributed by atoms with Gasteiger partial charge in [-0.05, 0) is 18.2 Å². The van der Waals surface area contributed by atoms with E-state index in [1.807, 2.05) is 17.8 Å². The van der Waals surface area contributed by atoms with Crippen molar-refractivity contribution in [2.24, 2.45) is 7.05 Å². The molecule has 4 nitrogen and oxygen atoms in total. The first-order chi connectivity index (χ1) is 8.58. The van der Waals surface area contributed by atoms with E-state index in [1.165, 1.54) is 0 Å². The summed E-state index contributed by atoms with van der Waals surface area (Å²) < 4.78 is 1.85. The zero-order valence-electron chi connectivity index (χ0n) is 9.95. The van der Waals surface area contributed by atoms with Crippen LogP contribution in [-0.2, 0) is 13.5 Å². The molecule has 0 amide bonds. The molecule has 0 aliphatic carbocycles. The number of aryl methyl sites for hydroxylation is 1. The van der Waals surface area contributed by atoms with Crippen molar-refractivity contribution in [3.8, 4) is 0 Å². The lowest BCUT2D eigenvalue weighted by atomic mass is 10.2. The van der Waals surface area contributed by atoms with Crippen LogP contribution in [-0.4, -0.2) is 16.3 Å². The number of nitrogens with zero attached hydrogens (tertiary/aromatic N) is 2. The molecule has 18 heavy (non-hydrogen) atoms. The van der Waals surface area contributed by atoms with Crippen LogP contribution in [0.5, 0.6) is 0 Å². The molecular weight excluding hydrogens is 271 g/mol. The van der Waals surface area contributed by atoms with Gasteiger partial charge in [0, 0.05) is 31.9 Å². The van der Waals surface area contributed by atoms with Gasteiger partial charge in [0.2, 0.25) is 0 Å².